The first-order chi connectivity index (χ1) is 12.5. The molecular weight excluding hydrogens is 379 g/mol. The minimum atomic E-state index is -4.51. The second kappa shape index (κ2) is 8.12. The third kappa shape index (κ3) is 5.56. The number of hydrogen-bond donors (Lipinski definition) is 1. The zero-order valence-corrected chi connectivity index (χ0v) is 15.7. The fourth-order valence-electron chi connectivity index (χ4n) is 2.45. The highest BCUT2D eigenvalue weighted by atomic mass is 32.2. The second-order valence-corrected chi connectivity index (χ2v) is 8.81. The summed E-state index contributed by atoms with van der Waals surface area (Å²) < 4.78 is 60.3. The Hall–Kier alpha value is -2.35. The standard InChI is InChI=1S/C19H20F3NO3S/c1-19(2,15-7-9-16(20)10-8-15)12-23-17(24)14-5-3-13(4-6-14)11-27(25,26)18(21)22/h3-10,18H,11-12H2,1-2H3,(H,23,24). The lowest BCUT2D eigenvalue weighted by molar-refractivity contribution is 0.0945. The second-order valence-electron chi connectivity index (χ2n) is 6.84. The van der Waals surface area contributed by atoms with Crippen LogP contribution in [0.5, 0.6) is 0 Å². The highest BCUT2D eigenvalue weighted by Crippen LogP contribution is 2.22. The maximum atomic E-state index is 13.0. The van der Waals surface area contributed by atoms with Crippen LogP contribution in [0.25, 0.3) is 0 Å². The van der Waals surface area contributed by atoms with E-state index in [1.165, 1.54) is 36.4 Å². The maximum Gasteiger partial charge on any atom is 0.337 e. The van der Waals surface area contributed by atoms with Crippen LogP contribution in [0.2, 0.25) is 0 Å². The molecule has 0 aliphatic rings. The van der Waals surface area contributed by atoms with Crippen molar-refractivity contribution in [3.05, 3.63) is 71.0 Å². The number of alkyl halides is 2. The molecule has 2 aromatic carbocycles. The van der Waals surface area contributed by atoms with Crippen molar-refractivity contribution in [1.29, 1.82) is 0 Å². The van der Waals surface area contributed by atoms with Gasteiger partial charge in [-0.05, 0) is 35.4 Å². The van der Waals surface area contributed by atoms with Crippen LogP contribution >= 0.6 is 0 Å². The molecule has 2 aromatic rings. The maximum absolute atomic E-state index is 13.0. The smallest absolute Gasteiger partial charge is 0.337 e. The van der Waals surface area contributed by atoms with Gasteiger partial charge < -0.3 is 5.32 Å². The van der Waals surface area contributed by atoms with Crippen molar-refractivity contribution < 1.29 is 26.4 Å². The summed E-state index contributed by atoms with van der Waals surface area (Å²) in [6, 6.07) is 11.4. The first-order valence-corrected chi connectivity index (χ1v) is 9.86. The normalized spacial score (nSPS) is 12.2. The molecule has 1 N–H and O–H groups in total. The number of rotatable bonds is 7. The highest BCUT2D eigenvalue weighted by Gasteiger charge is 2.25. The number of benzene rings is 2. The summed E-state index contributed by atoms with van der Waals surface area (Å²) in [7, 11) is -4.51. The van der Waals surface area contributed by atoms with Crippen molar-refractivity contribution in [1.82, 2.24) is 5.32 Å². The number of sulfone groups is 1. The van der Waals surface area contributed by atoms with Crippen molar-refractivity contribution in [2.45, 2.75) is 30.8 Å². The zero-order chi connectivity index (χ0) is 20.2. The third-order valence-electron chi connectivity index (χ3n) is 4.17. The quantitative estimate of drug-likeness (QED) is 0.773. The Bertz CT molecular complexity index is 893. The lowest BCUT2D eigenvalue weighted by atomic mass is 9.84. The Morgan fingerprint density at radius 1 is 1.04 bits per heavy atom. The van der Waals surface area contributed by atoms with Gasteiger partial charge in [-0.25, -0.2) is 12.8 Å². The average Bonchev–Trinajstić information content (AvgIpc) is 2.60. The van der Waals surface area contributed by atoms with Crippen LogP contribution in [0.1, 0.15) is 35.3 Å². The van der Waals surface area contributed by atoms with Gasteiger partial charge in [-0.15, -0.1) is 0 Å². The van der Waals surface area contributed by atoms with Crippen molar-refractivity contribution in [2.24, 2.45) is 0 Å². The van der Waals surface area contributed by atoms with Gasteiger partial charge in [0, 0.05) is 17.5 Å². The van der Waals surface area contributed by atoms with E-state index in [-0.39, 0.29) is 22.9 Å². The molecule has 2 rings (SSSR count). The van der Waals surface area contributed by atoms with E-state index in [0.29, 0.717) is 6.54 Å². The molecule has 0 aromatic heterocycles. The van der Waals surface area contributed by atoms with Crippen molar-refractivity contribution >= 4 is 15.7 Å². The Kier molecular flexibility index (Phi) is 6.30. The average molecular weight is 399 g/mol. The minimum Gasteiger partial charge on any atom is -0.351 e. The lowest BCUT2D eigenvalue weighted by Gasteiger charge is -2.25. The highest BCUT2D eigenvalue weighted by molar-refractivity contribution is 7.90. The van der Waals surface area contributed by atoms with E-state index < -0.39 is 26.8 Å². The monoisotopic (exact) mass is 399 g/mol. The number of hydrogen-bond acceptors (Lipinski definition) is 3. The van der Waals surface area contributed by atoms with Gasteiger partial charge in [0.05, 0.1) is 5.75 Å². The van der Waals surface area contributed by atoms with Gasteiger partial charge in [-0.3, -0.25) is 4.79 Å². The van der Waals surface area contributed by atoms with E-state index in [9.17, 15) is 26.4 Å². The molecular formula is C19H20F3NO3S. The predicted octanol–water partition coefficient (Wildman–Crippen LogP) is 3.67. The summed E-state index contributed by atoms with van der Waals surface area (Å²) in [4.78, 5) is 12.3. The largest absolute Gasteiger partial charge is 0.351 e. The van der Waals surface area contributed by atoms with Gasteiger partial charge in [0.1, 0.15) is 5.82 Å². The SMILES string of the molecule is CC(C)(CNC(=O)c1ccc(CS(=O)(=O)C(F)F)cc1)c1ccc(F)cc1. The van der Waals surface area contributed by atoms with Gasteiger partial charge in [0.2, 0.25) is 9.84 Å². The molecule has 0 fully saturated rings. The van der Waals surface area contributed by atoms with E-state index in [1.807, 2.05) is 13.8 Å². The molecule has 0 spiro atoms. The summed E-state index contributed by atoms with van der Waals surface area (Å²) in [5.74, 6) is -4.94. The van der Waals surface area contributed by atoms with Gasteiger partial charge in [-0.2, -0.15) is 8.78 Å². The van der Waals surface area contributed by atoms with E-state index in [2.05, 4.69) is 5.32 Å². The number of halogens is 3. The first kappa shape index (κ1) is 21.0. The molecule has 0 aliphatic heterocycles. The van der Waals surface area contributed by atoms with Crippen molar-refractivity contribution in [2.75, 3.05) is 6.54 Å². The fourth-order valence-corrected chi connectivity index (χ4v) is 3.24. The van der Waals surface area contributed by atoms with Crippen LogP contribution in [0.15, 0.2) is 48.5 Å². The summed E-state index contributed by atoms with van der Waals surface area (Å²) in [5, 5.41) is 2.77. The Balaban J connectivity index is 2.00. The van der Waals surface area contributed by atoms with Crippen LogP contribution in [0.3, 0.4) is 0 Å². The van der Waals surface area contributed by atoms with E-state index in [4.69, 9.17) is 0 Å². The molecule has 27 heavy (non-hydrogen) atoms. The molecule has 0 bridgehead atoms. The molecule has 0 saturated heterocycles. The molecule has 0 heterocycles. The molecule has 1 amide bonds. The van der Waals surface area contributed by atoms with Crippen LogP contribution < -0.4 is 5.32 Å². The number of carbonyl (C=O) groups excluding carboxylic acids is 1. The molecule has 146 valence electrons. The molecule has 0 atom stereocenters. The summed E-state index contributed by atoms with van der Waals surface area (Å²) >= 11 is 0. The van der Waals surface area contributed by atoms with Crippen LogP contribution in [-0.2, 0) is 21.0 Å². The van der Waals surface area contributed by atoms with E-state index in [0.717, 1.165) is 5.56 Å². The summed E-state index contributed by atoms with van der Waals surface area (Å²) in [5.41, 5.74) is 0.882. The number of amides is 1. The first-order valence-electron chi connectivity index (χ1n) is 8.14. The molecule has 0 aliphatic carbocycles. The Morgan fingerprint density at radius 2 is 1.59 bits per heavy atom. The minimum absolute atomic E-state index is 0.179. The van der Waals surface area contributed by atoms with E-state index in [1.54, 1.807) is 12.1 Å². The van der Waals surface area contributed by atoms with Crippen molar-refractivity contribution in [3.63, 3.8) is 0 Å². The lowest BCUT2D eigenvalue weighted by Crippen LogP contribution is -2.36. The summed E-state index contributed by atoms with van der Waals surface area (Å²) in [6.07, 6.45) is 0. The predicted molar refractivity (Wildman–Crippen MR) is 96.8 cm³/mol. The Labute approximate surface area is 156 Å². The molecule has 0 unspecified atom stereocenters. The Morgan fingerprint density at radius 3 is 2.11 bits per heavy atom. The third-order valence-corrected chi connectivity index (χ3v) is 5.45. The summed E-state index contributed by atoms with van der Waals surface area (Å²) in [6.45, 7) is 4.09. The van der Waals surface area contributed by atoms with Gasteiger partial charge in [0.25, 0.3) is 5.91 Å². The number of carbonyl (C=O) groups is 1. The van der Waals surface area contributed by atoms with Gasteiger partial charge >= 0.3 is 5.76 Å². The topological polar surface area (TPSA) is 63.2 Å². The van der Waals surface area contributed by atoms with Crippen LogP contribution in [-0.4, -0.2) is 26.6 Å². The van der Waals surface area contributed by atoms with Crippen LogP contribution in [0.4, 0.5) is 13.2 Å². The zero-order valence-electron chi connectivity index (χ0n) is 14.9. The molecule has 8 heteroatoms. The molecule has 4 nitrogen and oxygen atoms in total. The van der Waals surface area contributed by atoms with E-state index >= 15 is 0 Å². The van der Waals surface area contributed by atoms with Gasteiger partial charge in [0.15, 0.2) is 0 Å². The van der Waals surface area contributed by atoms with Crippen molar-refractivity contribution in [3.8, 4) is 0 Å². The van der Waals surface area contributed by atoms with Gasteiger partial charge in [-0.1, -0.05) is 38.1 Å². The van der Waals surface area contributed by atoms with Crippen LogP contribution in [0, 0.1) is 5.82 Å². The number of nitrogens with one attached hydrogen (secondary N) is 1. The molecule has 0 radical (unpaired) electrons. The molecule has 0 saturated carbocycles. The fraction of sp³-hybridized carbons (Fsp3) is 0.316.